The number of rotatable bonds is 6. The summed E-state index contributed by atoms with van der Waals surface area (Å²) in [7, 11) is 1.84. The van der Waals surface area contributed by atoms with Gasteiger partial charge in [0.1, 0.15) is 5.54 Å². The topological polar surface area (TPSA) is 78.4 Å². The van der Waals surface area contributed by atoms with Crippen molar-refractivity contribution < 1.29 is 14.7 Å². The molecule has 0 bridgehead atoms. The molecule has 1 aromatic rings. The number of aliphatic carboxylic acids is 1. The Morgan fingerprint density at radius 2 is 1.89 bits per heavy atom. The maximum atomic E-state index is 12.2. The zero-order valence-corrected chi connectivity index (χ0v) is 11.5. The fourth-order valence-electron chi connectivity index (χ4n) is 1.62. The van der Waals surface area contributed by atoms with Gasteiger partial charge >= 0.3 is 5.97 Å². The number of carbonyl (C=O) groups excluding carboxylic acids is 1. The van der Waals surface area contributed by atoms with E-state index < -0.39 is 11.5 Å². The summed E-state index contributed by atoms with van der Waals surface area (Å²) in [6.07, 6.45) is 0.716. The first-order valence-corrected chi connectivity index (χ1v) is 6.17. The van der Waals surface area contributed by atoms with Crippen molar-refractivity contribution >= 4 is 11.9 Å². The maximum absolute atomic E-state index is 12.2. The third kappa shape index (κ3) is 4.06. The first-order chi connectivity index (χ1) is 8.88. The lowest BCUT2D eigenvalue weighted by Gasteiger charge is -2.21. The van der Waals surface area contributed by atoms with Gasteiger partial charge in [-0.15, -0.1) is 0 Å². The van der Waals surface area contributed by atoms with Crippen LogP contribution in [0.3, 0.4) is 0 Å². The number of benzene rings is 1. The molecule has 0 aromatic heterocycles. The van der Waals surface area contributed by atoms with Crippen LogP contribution >= 0.6 is 0 Å². The lowest BCUT2D eigenvalue weighted by atomic mass is 10.0. The number of carboxylic acids is 1. The lowest BCUT2D eigenvalue weighted by Crippen LogP contribution is -2.49. The zero-order valence-electron chi connectivity index (χ0n) is 11.5. The zero-order chi connectivity index (χ0) is 14.5. The van der Waals surface area contributed by atoms with Crippen LogP contribution in [-0.4, -0.2) is 36.1 Å². The maximum Gasteiger partial charge on any atom is 0.328 e. The normalized spacial score (nSPS) is 11.1. The molecule has 5 heteroatoms. The van der Waals surface area contributed by atoms with Crippen LogP contribution in [0.1, 0.15) is 29.8 Å². The van der Waals surface area contributed by atoms with Crippen molar-refractivity contribution in [1.29, 1.82) is 0 Å². The van der Waals surface area contributed by atoms with E-state index >= 15 is 0 Å². The SMILES string of the molecule is CNCCc1ccccc1C(=O)NC(C)(C)C(=O)O. The van der Waals surface area contributed by atoms with Crippen LogP contribution in [0, 0.1) is 0 Å². The van der Waals surface area contributed by atoms with Gasteiger partial charge in [0, 0.05) is 5.56 Å². The fraction of sp³-hybridized carbons (Fsp3) is 0.429. The van der Waals surface area contributed by atoms with Crippen molar-refractivity contribution in [2.45, 2.75) is 25.8 Å². The molecule has 104 valence electrons. The number of likely N-dealkylation sites (N-methyl/N-ethyl adjacent to an activating group) is 1. The minimum absolute atomic E-state index is 0.362. The highest BCUT2D eigenvalue weighted by Gasteiger charge is 2.29. The summed E-state index contributed by atoms with van der Waals surface area (Å²) in [4.78, 5) is 23.2. The van der Waals surface area contributed by atoms with Gasteiger partial charge in [0.25, 0.3) is 5.91 Å². The average molecular weight is 264 g/mol. The van der Waals surface area contributed by atoms with Gasteiger partial charge < -0.3 is 15.7 Å². The Kier molecular flexibility index (Phi) is 5.06. The molecule has 1 aromatic carbocycles. The van der Waals surface area contributed by atoms with Crippen LogP contribution in [0.15, 0.2) is 24.3 Å². The smallest absolute Gasteiger partial charge is 0.328 e. The molecule has 3 N–H and O–H groups in total. The van der Waals surface area contributed by atoms with Gasteiger partial charge in [0.2, 0.25) is 0 Å². The highest BCUT2D eigenvalue weighted by molar-refractivity contribution is 5.98. The van der Waals surface area contributed by atoms with Crippen molar-refractivity contribution in [2.75, 3.05) is 13.6 Å². The van der Waals surface area contributed by atoms with Gasteiger partial charge in [0.05, 0.1) is 0 Å². The summed E-state index contributed by atoms with van der Waals surface area (Å²) in [5.74, 6) is -1.42. The molecule has 0 unspecified atom stereocenters. The van der Waals surface area contributed by atoms with Gasteiger partial charge in [-0.2, -0.15) is 0 Å². The van der Waals surface area contributed by atoms with Crippen molar-refractivity contribution in [3.8, 4) is 0 Å². The number of nitrogens with one attached hydrogen (secondary N) is 2. The molecule has 0 fully saturated rings. The van der Waals surface area contributed by atoms with Crippen LogP contribution in [0.25, 0.3) is 0 Å². The molecule has 0 heterocycles. The quantitative estimate of drug-likeness (QED) is 0.717. The van der Waals surface area contributed by atoms with E-state index in [1.54, 1.807) is 12.1 Å². The predicted octanol–water partition coefficient (Wildman–Crippen LogP) is 1.04. The van der Waals surface area contributed by atoms with Crippen LogP contribution in [0.2, 0.25) is 0 Å². The summed E-state index contributed by atoms with van der Waals surface area (Å²) in [5.41, 5.74) is 0.135. The number of carboxylic acid groups (broad SMARTS) is 1. The molecular weight excluding hydrogens is 244 g/mol. The second-order valence-electron chi connectivity index (χ2n) is 4.89. The first-order valence-electron chi connectivity index (χ1n) is 6.17. The summed E-state index contributed by atoms with van der Waals surface area (Å²) in [5, 5.41) is 14.6. The second-order valence-corrected chi connectivity index (χ2v) is 4.89. The summed E-state index contributed by atoms with van der Waals surface area (Å²) in [6.45, 7) is 3.68. The number of hydrogen-bond donors (Lipinski definition) is 3. The summed E-state index contributed by atoms with van der Waals surface area (Å²) in [6, 6.07) is 7.22. The third-order valence-corrected chi connectivity index (χ3v) is 2.87. The van der Waals surface area contributed by atoms with Gasteiger partial charge in [0.15, 0.2) is 0 Å². The molecule has 0 aliphatic carbocycles. The fourth-order valence-corrected chi connectivity index (χ4v) is 1.62. The Hall–Kier alpha value is -1.88. The molecule has 0 aliphatic heterocycles. The Balaban J connectivity index is 2.90. The van der Waals surface area contributed by atoms with E-state index in [1.807, 2.05) is 19.2 Å². The van der Waals surface area contributed by atoms with E-state index in [1.165, 1.54) is 13.8 Å². The van der Waals surface area contributed by atoms with Crippen LogP contribution in [0.5, 0.6) is 0 Å². The highest BCUT2D eigenvalue weighted by atomic mass is 16.4. The Morgan fingerprint density at radius 1 is 1.26 bits per heavy atom. The Bertz CT molecular complexity index is 470. The minimum Gasteiger partial charge on any atom is -0.480 e. The van der Waals surface area contributed by atoms with Crippen molar-refractivity contribution in [2.24, 2.45) is 0 Å². The second kappa shape index (κ2) is 6.33. The number of amides is 1. The molecule has 19 heavy (non-hydrogen) atoms. The van der Waals surface area contributed by atoms with Crippen LogP contribution in [0.4, 0.5) is 0 Å². The van der Waals surface area contributed by atoms with Gasteiger partial charge in [-0.3, -0.25) is 4.79 Å². The molecule has 1 rings (SSSR count). The average Bonchev–Trinajstić information content (AvgIpc) is 2.36. The highest BCUT2D eigenvalue weighted by Crippen LogP contribution is 2.12. The van der Waals surface area contributed by atoms with E-state index in [4.69, 9.17) is 5.11 Å². The molecule has 5 nitrogen and oxygen atoms in total. The summed E-state index contributed by atoms with van der Waals surface area (Å²) < 4.78 is 0. The van der Waals surface area contributed by atoms with Gasteiger partial charge in [-0.25, -0.2) is 4.79 Å². The molecular formula is C14H20N2O3. The molecule has 0 aliphatic rings. The summed E-state index contributed by atoms with van der Waals surface area (Å²) >= 11 is 0. The molecule has 0 radical (unpaired) electrons. The van der Waals surface area contributed by atoms with Crippen LogP contribution < -0.4 is 10.6 Å². The Labute approximate surface area is 113 Å². The largest absolute Gasteiger partial charge is 0.480 e. The van der Waals surface area contributed by atoms with E-state index in [9.17, 15) is 9.59 Å². The standard InChI is InChI=1S/C14H20N2O3/c1-14(2,13(18)19)16-12(17)11-7-5-4-6-10(11)8-9-15-3/h4-7,15H,8-9H2,1-3H3,(H,16,17)(H,18,19). The van der Waals surface area contributed by atoms with E-state index in [2.05, 4.69) is 10.6 Å². The Morgan fingerprint density at radius 3 is 2.47 bits per heavy atom. The van der Waals surface area contributed by atoms with Gasteiger partial charge in [-0.05, 0) is 45.5 Å². The van der Waals surface area contributed by atoms with E-state index in [0.717, 1.165) is 12.1 Å². The predicted molar refractivity (Wildman–Crippen MR) is 73.3 cm³/mol. The number of hydrogen-bond acceptors (Lipinski definition) is 3. The molecule has 0 saturated heterocycles. The lowest BCUT2D eigenvalue weighted by molar-refractivity contribution is -0.143. The number of carbonyl (C=O) groups is 2. The van der Waals surface area contributed by atoms with E-state index in [-0.39, 0.29) is 5.91 Å². The minimum atomic E-state index is -1.28. The van der Waals surface area contributed by atoms with E-state index in [0.29, 0.717) is 12.0 Å². The molecule has 1 amide bonds. The monoisotopic (exact) mass is 264 g/mol. The molecule has 0 spiro atoms. The molecule has 0 atom stereocenters. The van der Waals surface area contributed by atoms with Crippen LogP contribution in [-0.2, 0) is 11.2 Å². The molecule has 0 saturated carbocycles. The first kappa shape index (κ1) is 15.2. The van der Waals surface area contributed by atoms with Crippen molar-refractivity contribution in [3.05, 3.63) is 35.4 Å². The third-order valence-electron chi connectivity index (χ3n) is 2.87. The van der Waals surface area contributed by atoms with Crippen molar-refractivity contribution in [3.63, 3.8) is 0 Å². The van der Waals surface area contributed by atoms with Gasteiger partial charge in [-0.1, -0.05) is 18.2 Å². The van der Waals surface area contributed by atoms with Crippen molar-refractivity contribution in [1.82, 2.24) is 10.6 Å².